The quantitative estimate of drug-likeness (QED) is 0.839. The molecule has 1 radical (unpaired) electrons. The summed E-state index contributed by atoms with van der Waals surface area (Å²) in [7, 11) is 0. The number of rotatable bonds is 2. The average Bonchev–Trinajstić information content (AvgIpc) is 2.41. The van der Waals surface area contributed by atoms with E-state index in [1.165, 1.54) is 24.5 Å². The Labute approximate surface area is 126 Å². The van der Waals surface area contributed by atoms with Gasteiger partial charge in [-0.15, -0.1) is 0 Å². The first-order valence-corrected chi connectivity index (χ1v) is 4.90. The maximum absolute atomic E-state index is 10.1. The van der Waals surface area contributed by atoms with E-state index in [0.29, 0.717) is 0 Å². The van der Waals surface area contributed by atoms with Gasteiger partial charge in [0.15, 0.2) is 0 Å². The van der Waals surface area contributed by atoms with E-state index in [1.807, 2.05) is 0 Å². The van der Waals surface area contributed by atoms with Crippen LogP contribution in [0.3, 0.4) is 0 Å². The second-order valence-corrected chi connectivity index (χ2v) is 3.04. The predicted molar refractivity (Wildman–Crippen MR) is 66.0 cm³/mol. The molecule has 2 heterocycles. The van der Waals surface area contributed by atoms with Crippen LogP contribution in [0.15, 0.2) is 48.8 Å². The molecule has 8 heteroatoms. The topological polar surface area (TPSA) is 132 Å². The maximum atomic E-state index is 10.1. The van der Waals surface area contributed by atoms with Gasteiger partial charge in [0.1, 0.15) is 11.4 Å². The molecule has 0 saturated heterocycles. The number of nitrogens with zero attached hydrogens (tertiary/aromatic N) is 2. The van der Waals surface area contributed by atoms with Gasteiger partial charge in [-0.05, 0) is 24.3 Å². The van der Waals surface area contributed by atoms with Crippen molar-refractivity contribution in [1.29, 1.82) is 0 Å². The number of aromatic nitrogens is 2. The van der Waals surface area contributed by atoms with Crippen LogP contribution >= 0.6 is 0 Å². The van der Waals surface area contributed by atoms with Crippen molar-refractivity contribution in [3.63, 3.8) is 0 Å². The monoisotopic (exact) mass is 315 g/mol. The van der Waals surface area contributed by atoms with Crippen LogP contribution in [0.5, 0.6) is 0 Å². The van der Waals surface area contributed by atoms with Crippen molar-refractivity contribution in [2.24, 2.45) is 0 Å². The zero-order chi connectivity index (χ0) is 13.4. The number of aromatic carboxylic acids is 2. The van der Waals surface area contributed by atoms with Gasteiger partial charge < -0.3 is 15.7 Å². The van der Waals surface area contributed by atoms with Crippen molar-refractivity contribution in [3.8, 4) is 0 Å². The third kappa shape index (κ3) is 7.27. The fourth-order valence-electron chi connectivity index (χ4n) is 0.979. The van der Waals surface area contributed by atoms with Crippen LogP contribution in [0.1, 0.15) is 21.0 Å². The summed E-state index contributed by atoms with van der Waals surface area (Å²) in [6, 6.07) is 9.51. The molecule has 0 amide bonds. The maximum Gasteiger partial charge on any atom is 0.354 e. The summed E-state index contributed by atoms with van der Waals surface area (Å²) >= 11 is 0. The number of hydrogen-bond acceptors (Lipinski definition) is 4. The number of carboxylic acid groups (broad SMARTS) is 2. The Morgan fingerprint density at radius 1 is 0.800 bits per heavy atom. The number of carboxylic acids is 2. The normalized spacial score (nSPS) is 8.00. The third-order valence-corrected chi connectivity index (χ3v) is 1.77. The minimum Gasteiger partial charge on any atom is -0.477 e. The van der Waals surface area contributed by atoms with Crippen LogP contribution in [-0.4, -0.2) is 37.6 Å². The molecule has 0 saturated carbocycles. The minimum absolute atomic E-state index is 0. The Bertz CT molecular complexity index is 472. The molecular weight excluding hydrogens is 303 g/mol. The fraction of sp³-hybridized carbons (Fsp3) is 0. The first kappa shape index (κ1) is 20.1. The zero-order valence-corrected chi connectivity index (χ0v) is 11.6. The Hall–Kier alpha value is -2.22. The minimum atomic E-state index is -0.990. The molecule has 0 atom stereocenters. The Morgan fingerprint density at radius 2 is 1.15 bits per heavy atom. The van der Waals surface area contributed by atoms with Crippen molar-refractivity contribution in [2.45, 2.75) is 0 Å². The van der Waals surface area contributed by atoms with Gasteiger partial charge in [0, 0.05) is 30.9 Å². The van der Waals surface area contributed by atoms with Gasteiger partial charge in [0.25, 0.3) is 0 Å². The smallest absolute Gasteiger partial charge is 0.354 e. The van der Waals surface area contributed by atoms with Crippen LogP contribution < -0.4 is 0 Å². The van der Waals surface area contributed by atoms with E-state index < -0.39 is 11.9 Å². The predicted octanol–water partition coefficient (Wildman–Crippen LogP) is 0.732. The first-order chi connectivity index (χ1) is 8.61. The first-order valence-electron chi connectivity index (χ1n) is 4.90. The summed E-state index contributed by atoms with van der Waals surface area (Å²) < 4.78 is 0. The van der Waals surface area contributed by atoms with Gasteiger partial charge in [-0.2, -0.15) is 0 Å². The second kappa shape index (κ2) is 10.7. The van der Waals surface area contributed by atoms with E-state index in [0.717, 1.165) is 0 Å². The Kier molecular flexibility index (Phi) is 10.7. The van der Waals surface area contributed by atoms with Gasteiger partial charge in [0.2, 0.25) is 0 Å². The SMILES string of the molecule is O.O=C(O)c1ccccn1.O=C(O)c1ccccn1.[V]. The van der Waals surface area contributed by atoms with Gasteiger partial charge in [-0.1, -0.05) is 12.1 Å². The molecule has 4 N–H and O–H groups in total. The summed E-state index contributed by atoms with van der Waals surface area (Å²) in [4.78, 5) is 27.4. The van der Waals surface area contributed by atoms with E-state index in [4.69, 9.17) is 10.2 Å². The molecule has 0 aliphatic rings. The molecule has 0 unspecified atom stereocenters. The third-order valence-electron chi connectivity index (χ3n) is 1.77. The van der Waals surface area contributed by atoms with E-state index >= 15 is 0 Å². The summed E-state index contributed by atoms with van der Waals surface area (Å²) in [5.74, 6) is -1.98. The Balaban J connectivity index is 0. The fourth-order valence-corrected chi connectivity index (χ4v) is 0.979. The summed E-state index contributed by atoms with van der Waals surface area (Å²) in [5, 5.41) is 16.6. The van der Waals surface area contributed by atoms with Gasteiger partial charge >= 0.3 is 11.9 Å². The largest absolute Gasteiger partial charge is 0.477 e. The second-order valence-electron chi connectivity index (χ2n) is 3.04. The van der Waals surface area contributed by atoms with Crippen molar-refractivity contribution < 1.29 is 43.8 Å². The summed E-state index contributed by atoms with van der Waals surface area (Å²) in [6.07, 6.45) is 2.90. The molecule has 20 heavy (non-hydrogen) atoms. The molecule has 2 aromatic heterocycles. The van der Waals surface area contributed by atoms with Gasteiger partial charge in [-0.25, -0.2) is 19.6 Å². The Morgan fingerprint density at radius 3 is 1.30 bits per heavy atom. The summed E-state index contributed by atoms with van der Waals surface area (Å²) in [5.41, 5.74) is 0.162. The van der Waals surface area contributed by atoms with Gasteiger partial charge in [-0.3, -0.25) is 0 Å². The van der Waals surface area contributed by atoms with E-state index in [-0.39, 0.29) is 35.4 Å². The van der Waals surface area contributed by atoms with Crippen molar-refractivity contribution >= 4 is 11.9 Å². The zero-order valence-electron chi connectivity index (χ0n) is 10.2. The molecule has 0 aliphatic heterocycles. The van der Waals surface area contributed by atoms with Gasteiger partial charge in [0.05, 0.1) is 0 Å². The average molecular weight is 315 g/mol. The van der Waals surface area contributed by atoms with Crippen molar-refractivity contribution in [3.05, 3.63) is 60.2 Å². The molecule has 0 aromatic carbocycles. The number of hydrogen-bond donors (Lipinski definition) is 2. The van der Waals surface area contributed by atoms with Crippen LogP contribution in [0.4, 0.5) is 0 Å². The van der Waals surface area contributed by atoms with Crippen molar-refractivity contribution in [1.82, 2.24) is 9.97 Å². The van der Waals surface area contributed by atoms with Crippen LogP contribution in [0.25, 0.3) is 0 Å². The molecule has 0 bridgehead atoms. The molecule has 0 aliphatic carbocycles. The van der Waals surface area contributed by atoms with E-state index in [2.05, 4.69) is 9.97 Å². The standard InChI is InChI=1S/2C6H5NO2.H2O.V/c2*8-6(9)5-3-1-2-4-7-5;;/h2*1-4H,(H,8,9);1H2;. The molecule has 2 rings (SSSR count). The molecule has 0 fully saturated rings. The number of carbonyl (C=O) groups is 2. The summed E-state index contributed by atoms with van der Waals surface area (Å²) in [6.45, 7) is 0. The van der Waals surface area contributed by atoms with Crippen LogP contribution in [-0.2, 0) is 18.6 Å². The molecule has 0 spiro atoms. The van der Waals surface area contributed by atoms with Crippen LogP contribution in [0, 0.1) is 0 Å². The molecular formula is C12H12N2O5V. The number of pyridine rings is 2. The molecule has 7 nitrogen and oxygen atoms in total. The van der Waals surface area contributed by atoms with E-state index in [9.17, 15) is 9.59 Å². The van der Waals surface area contributed by atoms with Crippen molar-refractivity contribution in [2.75, 3.05) is 0 Å². The molecule has 2 aromatic rings. The van der Waals surface area contributed by atoms with E-state index in [1.54, 1.807) is 24.3 Å². The van der Waals surface area contributed by atoms with Crippen LogP contribution in [0.2, 0.25) is 0 Å². The molecule has 105 valence electrons.